The maximum atomic E-state index is 12.7. The van der Waals surface area contributed by atoms with E-state index in [1.165, 1.54) is 12.0 Å². The molecule has 0 bridgehead atoms. The normalized spacial score (nSPS) is 21.3. The molecule has 0 aromatic rings. The number of hydrogen-bond acceptors (Lipinski definition) is 5. The Balaban J connectivity index is 2.93. The van der Waals surface area contributed by atoms with Crippen LogP contribution in [0, 0.1) is 5.92 Å². The van der Waals surface area contributed by atoms with Gasteiger partial charge >= 0.3 is 12.0 Å². The van der Waals surface area contributed by atoms with Crippen LogP contribution in [-0.2, 0) is 19.1 Å². The SMILES string of the molecule is CCC(C)C(NC(N)=O)C(=O)N1CCOCC1C(=O)OC. The maximum Gasteiger partial charge on any atom is 0.331 e. The van der Waals surface area contributed by atoms with Crippen LogP contribution >= 0.6 is 0 Å². The van der Waals surface area contributed by atoms with Crippen molar-refractivity contribution < 1.29 is 23.9 Å². The van der Waals surface area contributed by atoms with Crippen molar-refractivity contribution in [3.63, 3.8) is 0 Å². The van der Waals surface area contributed by atoms with Gasteiger partial charge in [-0.2, -0.15) is 0 Å². The van der Waals surface area contributed by atoms with Crippen LogP contribution in [0.5, 0.6) is 0 Å². The molecule has 1 saturated heterocycles. The summed E-state index contributed by atoms with van der Waals surface area (Å²) < 4.78 is 9.92. The average molecular weight is 301 g/mol. The van der Waals surface area contributed by atoms with E-state index in [9.17, 15) is 14.4 Å². The molecule has 0 saturated carbocycles. The molecule has 0 spiro atoms. The number of nitrogens with zero attached hydrogens (tertiary/aromatic N) is 1. The molecular weight excluding hydrogens is 278 g/mol. The van der Waals surface area contributed by atoms with E-state index in [1.54, 1.807) is 0 Å². The van der Waals surface area contributed by atoms with E-state index in [0.717, 1.165) is 0 Å². The number of methoxy groups -OCH3 is 1. The number of primary amides is 1. The number of carbonyl (C=O) groups is 3. The second kappa shape index (κ2) is 7.82. The molecule has 1 heterocycles. The molecule has 1 aliphatic rings. The van der Waals surface area contributed by atoms with Crippen LogP contribution < -0.4 is 11.1 Å². The molecule has 0 radical (unpaired) electrons. The Hall–Kier alpha value is -1.83. The number of amides is 3. The topological polar surface area (TPSA) is 111 Å². The van der Waals surface area contributed by atoms with E-state index >= 15 is 0 Å². The lowest BCUT2D eigenvalue weighted by Crippen LogP contribution is -2.60. The van der Waals surface area contributed by atoms with Crippen LogP contribution in [0.1, 0.15) is 20.3 Å². The minimum atomic E-state index is -0.794. The van der Waals surface area contributed by atoms with Crippen LogP contribution in [0.3, 0.4) is 0 Å². The molecule has 0 aromatic heterocycles. The monoisotopic (exact) mass is 301 g/mol. The number of esters is 1. The van der Waals surface area contributed by atoms with Crippen molar-refractivity contribution in [3.05, 3.63) is 0 Å². The predicted molar refractivity (Wildman–Crippen MR) is 74.3 cm³/mol. The van der Waals surface area contributed by atoms with E-state index in [0.29, 0.717) is 13.0 Å². The molecule has 3 N–H and O–H groups in total. The van der Waals surface area contributed by atoms with Gasteiger partial charge in [0.05, 0.1) is 20.3 Å². The summed E-state index contributed by atoms with van der Waals surface area (Å²) in [6.45, 7) is 4.44. The molecule has 8 nitrogen and oxygen atoms in total. The van der Waals surface area contributed by atoms with Crippen molar-refractivity contribution >= 4 is 17.9 Å². The zero-order valence-corrected chi connectivity index (χ0v) is 12.6. The fourth-order valence-electron chi connectivity index (χ4n) is 2.21. The largest absolute Gasteiger partial charge is 0.467 e. The summed E-state index contributed by atoms with van der Waals surface area (Å²) in [6, 6.07) is -2.33. The summed E-state index contributed by atoms with van der Waals surface area (Å²) in [5.41, 5.74) is 5.14. The zero-order valence-electron chi connectivity index (χ0n) is 12.6. The van der Waals surface area contributed by atoms with E-state index < -0.39 is 24.1 Å². The minimum absolute atomic E-state index is 0.0855. The summed E-state index contributed by atoms with van der Waals surface area (Å²) in [5, 5.41) is 2.46. The number of morpholine rings is 1. The smallest absolute Gasteiger partial charge is 0.331 e. The maximum absolute atomic E-state index is 12.7. The lowest BCUT2D eigenvalue weighted by molar-refractivity contribution is -0.162. The Bertz CT molecular complexity index is 401. The second-order valence-electron chi connectivity index (χ2n) is 5.02. The molecule has 3 amide bonds. The molecule has 8 heteroatoms. The standard InChI is InChI=1S/C13H23N3O5/c1-4-8(2)10(15-13(14)19)11(17)16-5-6-21-7-9(16)12(18)20-3/h8-10H,4-7H2,1-3H3,(H3,14,15,19). The summed E-state index contributed by atoms with van der Waals surface area (Å²) in [6.07, 6.45) is 0.684. The highest BCUT2D eigenvalue weighted by molar-refractivity contribution is 5.90. The van der Waals surface area contributed by atoms with Crippen LogP contribution in [0.25, 0.3) is 0 Å². The van der Waals surface area contributed by atoms with Gasteiger partial charge in [0, 0.05) is 6.54 Å². The third-order valence-electron chi connectivity index (χ3n) is 3.66. The van der Waals surface area contributed by atoms with Crippen molar-refractivity contribution in [2.45, 2.75) is 32.4 Å². The lowest BCUT2D eigenvalue weighted by atomic mass is 9.97. The van der Waals surface area contributed by atoms with Crippen LogP contribution in [-0.4, -0.2) is 61.8 Å². The van der Waals surface area contributed by atoms with Gasteiger partial charge in [0.2, 0.25) is 5.91 Å². The van der Waals surface area contributed by atoms with Crippen molar-refractivity contribution in [2.24, 2.45) is 11.7 Å². The van der Waals surface area contributed by atoms with E-state index in [4.69, 9.17) is 15.2 Å². The Morgan fingerprint density at radius 1 is 1.48 bits per heavy atom. The molecule has 0 aromatic carbocycles. The third kappa shape index (κ3) is 4.32. The first-order chi connectivity index (χ1) is 9.92. The van der Waals surface area contributed by atoms with Crippen molar-refractivity contribution in [1.82, 2.24) is 10.2 Å². The Morgan fingerprint density at radius 2 is 2.14 bits per heavy atom. The van der Waals surface area contributed by atoms with Crippen molar-refractivity contribution in [2.75, 3.05) is 26.9 Å². The number of urea groups is 1. The summed E-state index contributed by atoms with van der Waals surface area (Å²) >= 11 is 0. The second-order valence-corrected chi connectivity index (χ2v) is 5.02. The number of rotatable bonds is 5. The van der Waals surface area contributed by atoms with Crippen molar-refractivity contribution in [3.8, 4) is 0 Å². The molecule has 3 atom stereocenters. The van der Waals surface area contributed by atoms with Crippen molar-refractivity contribution in [1.29, 1.82) is 0 Å². The zero-order chi connectivity index (χ0) is 16.0. The Labute approximate surface area is 123 Å². The molecule has 120 valence electrons. The number of hydrogen-bond donors (Lipinski definition) is 2. The van der Waals surface area contributed by atoms with E-state index in [-0.39, 0.29) is 25.0 Å². The average Bonchev–Trinajstić information content (AvgIpc) is 2.50. The first-order valence-corrected chi connectivity index (χ1v) is 6.94. The fourth-order valence-corrected chi connectivity index (χ4v) is 2.21. The summed E-state index contributed by atoms with van der Waals surface area (Å²) in [5.74, 6) is -0.988. The van der Waals surface area contributed by atoms with Gasteiger partial charge in [-0.05, 0) is 5.92 Å². The van der Waals surface area contributed by atoms with Crippen LogP contribution in [0.2, 0.25) is 0 Å². The first kappa shape index (κ1) is 17.2. The number of carbonyl (C=O) groups excluding carboxylic acids is 3. The fraction of sp³-hybridized carbons (Fsp3) is 0.769. The molecule has 1 aliphatic heterocycles. The predicted octanol–water partition coefficient (Wildman–Crippen LogP) is -0.530. The summed E-state index contributed by atoms with van der Waals surface area (Å²) in [7, 11) is 1.26. The van der Waals surface area contributed by atoms with E-state index in [2.05, 4.69) is 5.32 Å². The third-order valence-corrected chi connectivity index (χ3v) is 3.66. The molecule has 21 heavy (non-hydrogen) atoms. The Morgan fingerprint density at radius 3 is 2.67 bits per heavy atom. The van der Waals surface area contributed by atoms with Crippen LogP contribution in [0.15, 0.2) is 0 Å². The number of nitrogens with one attached hydrogen (secondary N) is 1. The Kier molecular flexibility index (Phi) is 6.41. The summed E-state index contributed by atoms with van der Waals surface area (Å²) in [4.78, 5) is 36.9. The molecular formula is C13H23N3O5. The number of ether oxygens (including phenoxy) is 2. The highest BCUT2D eigenvalue weighted by atomic mass is 16.5. The van der Waals surface area contributed by atoms with Gasteiger partial charge in [-0.25, -0.2) is 9.59 Å². The lowest BCUT2D eigenvalue weighted by Gasteiger charge is -2.37. The molecule has 0 aliphatic carbocycles. The first-order valence-electron chi connectivity index (χ1n) is 6.94. The van der Waals surface area contributed by atoms with Gasteiger partial charge in [-0.1, -0.05) is 20.3 Å². The highest BCUT2D eigenvalue weighted by Gasteiger charge is 2.38. The van der Waals surface area contributed by atoms with E-state index in [1.807, 2.05) is 13.8 Å². The van der Waals surface area contributed by atoms with Gasteiger partial charge in [-0.3, -0.25) is 4.79 Å². The van der Waals surface area contributed by atoms with Gasteiger partial charge in [0.25, 0.3) is 0 Å². The molecule has 3 unspecified atom stereocenters. The van der Waals surface area contributed by atoms with Gasteiger partial charge < -0.3 is 25.4 Å². The van der Waals surface area contributed by atoms with Crippen LogP contribution in [0.4, 0.5) is 4.79 Å². The van der Waals surface area contributed by atoms with Gasteiger partial charge in [0.15, 0.2) is 6.04 Å². The van der Waals surface area contributed by atoms with Gasteiger partial charge in [0.1, 0.15) is 6.04 Å². The molecule has 1 rings (SSSR count). The highest BCUT2D eigenvalue weighted by Crippen LogP contribution is 2.16. The molecule has 1 fully saturated rings. The minimum Gasteiger partial charge on any atom is -0.467 e. The quantitative estimate of drug-likeness (QED) is 0.663. The number of nitrogens with two attached hydrogens (primary N) is 1. The van der Waals surface area contributed by atoms with Gasteiger partial charge in [-0.15, -0.1) is 0 Å².